The zero-order chi connectivity index (χ0) is 15.2. The van der Waals surface area contributed by atoms with Crippen molar-refractivity contribution >= 4 is 23.0 Å². The highest BCUT2D eigenvalue weighted by Gasteiger charge is 2.11. The van der Waals surface area contributed by atoms with Gasteiger partial charge >= 0.3 is 0 Å². The molecule has 0 aliphatic carbocycles. The van der Waals surface area contributed by atoms with Crippen LogP contribution in [0, 0.1) is 10.1 Å². The van der Waals surface area contributed by atoms with Crippen molar-refractivity contribution in [3.8, 4) is 5.75 Å². The second-order valence-corrected chi connectivity index (χ2v) is 4.19. The maximum absolute atomic E-state index is 10.9. The van der Waals surface area contributed by atoms with Gasteiger partial charge in [-0.2, -0.15) is 0 Å². The topological polar surface area (TPSA) is 89.3 Å². The largest absolute Gasteiger partial charge is 0.494 e. The summed E-state index contributed by atoms with van der Waals surface area (Å²) in [6.07, 6.45) is 0. The summed E-state index contributed by atoms with van der Waals surface area (Å²) >= 11 is 0. The van der Waals surface area contributed by atoms with E-state index in [1.54, 1.807) is 7.05 Å². The molecule has 0 fully saturated rings. The van der Waals surface area contributed by atoms with Gasteiger partial charge in [0.2, 0.25) is 0 Å². The van der Waals surface area contributed by atoms with E-state index in [-0.39, 0.29) is 5.69 Å². The van der Waals surface area contributed by atoms with Crippen molar-refractivity contribution in [1.29, 1.82) is 0 Å². The summed E-state index contributed by atoms with van der Waals surface area (Å²) in [7, 11) is 1.66. The standard InChI is InChI=1S/C14H16N4O3/c1-3-21-12-6-4-5-10(7-12)16-14-9-11(18(19)20)8-13(15-2)17-14/h4-9H,3H2,1-2H3,(H2,15,16,17). The summed E-state index contributed by atoms with van der Waals surface area (Å²) in [4.78, 5) is 14.7. The lowest BCUT2D eigenvalue weighted by atomic mass is 10.3. The molecule has 1 aromatic carbocycles. The van der Waals surface area contributed by atoms with E-state index in [4.69, 9.17) is 4.74 Å². The summed E-state index contributed by atoms with van der Waals surface area (Å²) in [6, 6.07) is 10.1. The maximum Gasteiger partial charge on any atom is 0.276 e. The van der Waals surface area contributed by atoms with Crippen LogP contribution in [-0.2, 0) is 0 Å². The van der Waals surface area contributed by atoms with Gasteiger partial charge in [0.1, 0.15) is 17.4 Å². The van der Waals surface area contributed by atoms with E-state index < -0.39 is 4.92 Å². The Morgan fingerprint density at radius 3 is 2.71 bits per heavy atom. The number of hydrogen-bond donors (Lipinski definition) is 2. The molecule has 0 bridgehead atoms. The molecule has 1 heterocycles. The minimum atomic E-state index is -0.454. The fourth-order valence-electron chi connectivity index (χ4n) is 1.79. The van der Waals surface area contributed by atoms with E-state index in [1.165, 1.54) is 12.1 Å². The van der Waals surface area contributed by atoms with Crippen LogP contribution < -0.4 is 15.4 Å². The van der Waals surface area contributed by atoms with Crippen molar-refractivity contribution in [3.05, 3.63) is 46.5 Å². The monoisotopic (exact) mass is 288 g/mol. The van der Waals surface area contributed by atoms with Crippen molar-refractivity contribution in [2.75, 3.05) is 24.3 Å². The van der Waals surface area contributed by atoms with Crippen LogP contribution in [-0.4, -0.2) is 23.6 Å². The molecule has 7 heteroatoms. The van der Waals surface area contributed by atoms with Gasteiger partial charge in [-0.1, -0.05) is 6.07 Å². The van der Waals surface area contributed by atoms with Crippen LogP contribution in [0.2, 0.25) is 0 Å². The lowest BCUT2D eigenvalue weighted by molar-refractivity contribution is -0.384. The Balaban J connectivity index is 2.28. The first-order valence-corrected chi connectivity index (χ1v) is 6.46. The Hall–Kier alpha value is -2.83. The molecule has 2 N–H and O–H groups in total. The van der Waals surface area contributed by atoms with Crippen LogP contribution in [0.1, 0.15) is 6.92 Å². The average Bonchev–Trinajstić information content (AvgIpc) is 2.47. The van der Waals surface area contributed by atoms with Crippen molar-refractivity contribution in [2.45, 2.75) is 6.92 Å². The van der Waals surface area contributed by atoms with Crippen LogP contribution in [0.3, 0.4) is 0 Å². The normalized spacial score (nSPS) is 10.0. The molecule has 21 heavy (non-hydrogen) atoms. The molecule has 0 unspecified atom stereocenters. The molecule has 0 aliphatic heterocycles. The number of nitrogens with one attached hydrogen (secondary N) is 2. The van der Waals surface area contributed by atoms with Crippen molar-refractivity contribution in [1.82, 2.24) is 4.98 Å². The summed E-state index contributed by atoms with van der Waals surface area (Å²) in [5, 5.41) is 16.8. The van der Waals surface area contributed by atoms with Crippen LogP contribution in [0.25, 0.3) is 0 Å². The molecule has 1 aromatic heterocycles. The molecular formula is C14H16N4O3. The minimum Gasteiger partial charge on any atom is -0.494 e. The van der Waals surface area contributed by atoms with Crippen LogP contribution in [0.15, 0.2) is 36.4 Å². The van der Waals surface area contributed by atoms with Gasteiger partial charge in [-0.15, -0.1) is 0 Å². The third-order valence-electron chi connectivity index (χ3n) is 2.69. The van der Waals surface area contributed by atoms with Crippen molar-refractivity contribution < 1.29 is 9.66 Å². The van der Waals surface area contributed by atoms with Gasteiger partial charge in [-0.25, -0.2) is 4.98 Å². The minimum absolute atomic E-state index is 0.0298. The Labute approximate surface area is 122 Å². The van der Waals surface area contributed by atoms with Crippen LogP contribution in [0.4, 0.5) is 23.0 Å². The Bertz CT molecular complexity index is 646. The Morgan fingerprint density at radius 2 is 2.05 bits per heavy atom. The molecule has 0 saturated heterocycles. The molecule has 0 spiro atoms. The molecule has 0 atom stereocenters. The number of hydrogen-bond acceptors (Lipinski definition) is 6. The predicted octanol–water partition coefficient (Wildman–Crippen LogP) is 3.17. The zero-order valence-corrected chi connectivity index (χ0v) is 11.8. The SMILES string of the molecule is CCOc1cccc(Nc2cc([N+](=O)[O-])cc(NC)n2)c1. The molecule has 0 aliphatic rings. The quantitative estimate of drug-likeness (QED) is 0.627. The molecule has 7 nitrogen and oxygen atoms in total. The number of nitro groups is 1. The van der Waals surface area contributed by atoms with Crippen molar-refractivity contribution in [2.24, 2.45) is 0 Å². The highest BCUT2D eigenvalue weighted by molar-refractivity contribution is 5.63. The summed E-state index contributed by atoms with van der Waals surface area (Å²) in [6.45, 7) is 2.48. The Morgan fingerprint density at radius 1 is 1.29 bits per heavy atom. The summed E-state index contributed by atoms with van der Waals surface area (Å²) in [5.41, 5.74) is 0.716. The number of aromatic nitrogens is 1. The van der Waals surface area contributed by atoms with Crippen LogP contribution >= 0.6 is 0 Å². The first-order valence-electron chi connectivity index (χ1n) is 6.46. The number of ether oxygens (including phenoxy) is 1. The number of rotatable bonds is 6. The molecule has 0 amide bonds. The summed E-state index contributed by atoms with van der Waals surface area (Å²) < 4.78 is 5.41. The van der Waals surface area contributed by atoms with E-state index in [1.807, 2.05) is 31.2 Å². The Kier molecular flexibility index (Phi) is 4.55. The van der Waals surface area contributed by atoms with Gasteiger partial charge < -0.3 is 15.4 Å². The molecular weight excluding hydrogens is 272 g/mol. The van der Waals surface area contributed by atoms with Gasteiger partial charge in [0.05, 0.1) is 23.7 Å². The fraction of sp³-hybridized carbons (Fsp3) is 0.214. The first-order chi connectivity index (χ1) is 10.1. The predicted molar refractivity (Wildman–Crippen MR) is 81.3 cm³/mol. The average molecular weight is 288 g/mol. The number of anilines is 3. The van der Waals surface area contributed by atoms with Gasteiger partial charge in [-0.05, 0) is 19.1 Å². The van der Waals surface area contributed by atoms with Gasteiger partial charge in [0.25, 0.3) is 5.69 Å². The van der Waals surface area contributed by atoms with E-state index in [0.717, 1.165) is 11.4 Å². The highest BCUT2D eigenvalue weighted by Crippen LogP contribution is 2.25. The smallest absolute Gasteiger partial charge is 0.276 e. The molecule has 0 saturated carbocycles. The summed E-state index contributed by atoms with van der Waals surface area (Å²) in [5.74, 6) is 1.54. The molecule has 2 aromatic rings. The molecule has 0 radical (unpaired) electrons. The molecule has 2 rings (SSSR count). The third kappa shape index (κ3) is 3.82. The van der Waals surface area contributed by atoms with E-state index in [0.29, 0.717) is 18.2 Å². The van der Waals surface area contributed by atoms with Gasteiger partial charge in [0.15, 0.2) is 0 Å². The number of benzene rings is 1. The third-order valence-corrected chi connectivity index (χ3v) is 2.69. The van der Waals surface area contributed by atoms with Crippen LogP contribution in [0.5, 0.6) is 5.75 Å². The second kappa shape index (κ2) is 6.56. The van der Waals surface area contributed by atoms with Gasteiger partial charge in [-0.3, -0.25) is 10.1 Å². The fourth-order valence-corrected chi connectivity index (χ4v) is 1.79. The van der Waals surface area contributed by atoms with E-state index >= 15 is 0 Å². The van der Waals surface area contributed by atoms with E-state index in [2.05, 4.69) is 15.6 Å². The lowest BCUT2D eigenvalue weighted by Crippen LogP contribution is -2.00. The number of nitrogens with zero attached hydrogens (tertiary/aromatic N) is 2. The van der Waals surface area contributed by atoms with Crippen molar-refractivity contribution in [3.63, 3.8) is 0 Å². The first kappa shape index (κ1) is 14.6. The highest BCUT2D eigenvalue weighted by atomic mass is 16.6. The van der Waals surface area contributed by atoms with Gasteiger partial charge in [0, 0.05) is 18.8 Å². The van der Waals surface area contributed by atoms with E-state index in [9.17, 15) is 10.1 Å². The lowest BCUT2D eigenvalue weighted by Gasteiger charge is -2.09. The maximum atomic E-state index is 10.9. The second-order valence-electron chi connectivity index (χ2n) is 4.19. The number of pyridine rings is 1. The molecule has 110 valence electrons. The zero-order valence-electron chi connectivity index (χ0n) is 11.8.